The van der Waals surface area contributed by atoms with Crippen molar-refractivity contribution < 1.29 is 14.0 Å². The van der Waals surface area contributed by atoms with Crippen LogP contribution in [0.3, 0.4) is 0 Å². The van der Waals surface area contributed by atoms with E-state index in [1.807, 2.05) is 0 Å². The molecule has 0 aromatic heterocycles. The lowest BCUT2D eigenvalue weighted by atomic mass is 10.3. The van der Waals surface area contributed by atoms with Crippen LogP contribution in [0.2, 0.25) is 0 Å². The van der Waals surface area contributed by atoms with Crippen molar-refractivity contribution in [3.8, 4) is 0 Å². The second kappa shape index (κ2) is 3.64. The first kappa shape index (κ1) is 9.83. The number of nitrogens with zero attached hydrogens (tertiary/aromatic N) is 1. The number of carbonyl (C=O) groups excluding carboxylic acids is 1. The Hall–Kier alpha value is -1.26. The number of amides is 1. The average Bonchev–Trinajstić information content (AvgIpc) is 2.18. The van der Waals surface area contributed by atoms with Gasteiger partial charge < -0.3 is 0 Å². The summed E-state index contributed by atoms with van der Waals surface area (Å²) in [6.45, 7) is 0. The molecule has 1 aromatic carbocycles. The van der Waals surface area contributed by atoms with Gasteiger partial charge in [0.25, 0.3) is 0 Å². The monoisotopic (exact) mass is 183 g/mol. The fraction of sp³-hybridized carbons (Fsp3) is 0.222. The Balaban J connectivity index is 3.06. The van der Waals surface area contributed by atoms with Gasteiger partial charge in [0, 0.05) is 12.1 Å². The molecule has 1 atom stereocenters. The quantitative estimate of drug-likeness (QED) is 0.523. The van der Waals surface area contributed by atoms with Gasteiger partial charge in [0.15, 0.2) is 5.69 Å². The molecule has 0 heterocycles. The van der Waals surface area contributed by atoms with E-state index in [0.717, 1.165) is 0 Å². The Labute approximate surface area is 75.9 Å². The molecule has 0 bridgehead atoms. The third-order valence-electron chi connectivity index (χ3n) is 1.86. The maximum Gasteiger partial charge on any atom is 0.483 e. The fourth-order valence-electron chi connectivity index (χ4n) is 0.921. The van der Waals surface area contributed by atoms with Crippen molar-refractivity contribution in [3.05, 3.63) is 30.1 Å². The molecule has 3 nitrogen and oxygen atoms in total. The first-order chi connectivity index (χ1) is 6.12. The maximum absolute atomic E-state index is 12.5. The zero-order valence-corrected chi connectivity index (χ0v) is 7.45. The minimum absolute atomic E-state index is 0.350. The molecule has 0 aliphatic heterocycles. The van der Waals surface area contributed by atoms with Crippen LogP contribution >= 0.6 is 0 Å². The van der Waals surface area contributed by atoms with Gasteiger partial charge in [0.05, 0.1) is 7.11 Å². The van der Waals surface area contributed by atoms with E-state index >= 15 is 0 Å². The Bertz CT molecular complexity index is 299. The lowest BCUT2D eigenvalue weighted by Gasteiger charge is -2.19. The minimum Gasteiger partial charge on any atom is -0.211 e. The van der Waals surface area contributed by atoms with Crippen LogP contribution in [0.25, 0.3) is 0 Å². The van der Waals surface area contributed by atoms with Crippen molar-refractivity contribution in [1.82, 2.24) is 4.65 Å². The van der Waals surface area contributed by atoms with E-state index in [2.05, 4.69) is 0 Å². The lowest BCUT2D eigenvalue weighted by Crippen LogP contribution is -2.42. The van der Waals surface area contributed by atoms with E-state index in [9.17, 15) is 9.18 Å². The molecule has 1 radical (unpaired) electrons. The highest BCUT2D eigenvalue weighted by atomic mass is 19.1. The Kier molecular flexibility index (Phi) is 2.75. The summed E-state index contributed by atoms with van der Waals surface area (Å²) in [6.07, 6.45) is 1.71. The molecule has 0 spiro atoms. The van der Waals surface area contributed by atoms with E-state index < -0.39 is 4.65 Å². The van der Waals surface area contributed by atoms with Crippen molar-refractivity contribution in [1.29, 1.82) is 0 Å². The molecular formula is C9H10FNO2+. The Morgan fingerprint density at radius 1 is 1.38 bits per heavy atom. The molecule has 1 rings (SSSR count). The summed E-state index contributed by atoms with van der Waals surface area (Å²) in [4.78, 5) is 15.5. The van der Waals surface area contributed by atoms with Crippen LogP contribution in [0.4, 0.5) is 10.1 Å². The summed E-state index contributed by atoms with van der Waals surface area (Å²) < 4.78 is 12.1. The van der Waals surface area contributed by atoms with Crippen LogP contribution in [-0.4, -0.2) is 20.6 Å². The zero-order chi connectivity index (χ0) is 9.90. The van der Waals surface area contributed by atoms with Crippen LogP contribution in [0, 0.1) is 5.82 Å². The van der Waals surface area contributed by atoms with E-state index in [-0.39, 0.29) is 5.82 Å². The van der Waals surface area contributed by atoms with Gasteiger partial charge in [-0.25, -0.2) is 9.18 Å². The van der Waals surface area contributed by atoms with Crippen molar-refractivity contribution in [3.63, 3.8) is 0 Å². The molecule has 13 heavy (non-hydrogen) atoms. The Morgan fingerprint density at radius 2 is 1.92 bits per heavy atom. The van der Waals surface area contributed by atoms with E-state index in [1.165, 1.54) is 38.4 Å². The average molecular weight is 183 g/mol. The van der Waals surface area contributed by atoms with Gasteiger partial charge in [-0.1, -0.05) is 4.65 Å². The fourth-order valence-corrected chi connectivity index (χ4v) is 0.921. The largest absolute Gasteiger partial charge is 0.483 e. The summed E-state index contributed by atoms with van der Waals surface area (Å²) in [5.74, 6) is -0.350. The number of rotatable bonds is 3. The molecular weight excluding hydrogens is 173 g/mol. The number of benzene rings is 1. The van der Waals surface area contributed by atoms with Crippen molar-refractivity contribution in [2.24, 2.45) is 0 Å². The number of hydrogen-bond donors (Lipinski definition) is 0. The van der Waals surface area contributed by atoms with Gasteiger partial charge in [-0.2, -0.15) is 4.84 Å². The normalized spacial score (nSPS) is 15.0. The highest BCUT2D eigenvalue weighted by molar-refractivity contribution is 5.66. The summed E-state index contributed by atoms with van der Waals surface area (Å²) in [6, 6.07) is 5.48. The number of halogens is 1. The second-order valence-corrected chi connectivity index (χ2v) is 2.67. The van der Waals surface area contributed by atoms with E-state index in [1.54, 1.807) is 6.41 Å². The first-order valence-electron chi connectivity index (χ1n) is 3.70. The molecule has 0 aliphatic rings. The summed E-state index contributed by atoms with van der Waals surface area (Å²) >= 11 is 0. The molecule has 69 valence electrons. The second-order valence-electron chi connectivity index (χ2n) is 2.67. The number of hydrogen-bond acceptors (Lipinski definition) is 2. The van der Waals surface area contributed by atoms with Gasteiger partial charge in [-0.15, -0.1) is 0 Å². The highest BCUT2D eigenvalue weighted by Gasteiger charge is 2.27. The number of quaternary nitrogens is 1. The standard InChI is InChI=1S/C9H10FNO2/c1-11(7-12,13-2)9-5-3-8(10)4-6-9/h3-6H,1-2H3/q+1. The van der Waals surface area contributed by atoms with Crippen molar-refractivity contribution in [2.45, 2.75) is 0 Å². The zero-order valence-electron chi connectivity index (χ0n) is 7.45. The Morgan fingerprint density at radius 3 is 2.31 bits per heavy atom. The van der Waals surface area contributed by atoms with Crippen LogP contribution in [-0.2, 0) is 9.63 Å². The predicted octanol–water partition coefficient (Wildman–Crippen LogP) is 1.39. The third-order valence-corrected chi connectivity index (χ3v) is 1.86. The lowest BCUT2D eigenvalue weighted by molar-refractivity contribution is -0.0357. The topological polar surface area (TPSA) is 26.3 Å². The van der Waals surface area contributed by atoms with Crippen molar-refractivity contribution in [2.75, 3.05) is 14.2 Å². The van der Waals surface area contributed by atoms with Crippen LogP contribution in [0.1, 0.15) is 0 Å². The summed E-state index contributed by atoms with van der Waals surface area (Å²) in [5, 5.41) is 0. The molecule has 0 saturated carbocycles. The first-order valence-corrected chi connectivity index (χ1v) is 3.70. The van der Waals surface area contributed by atoms with E-state index in [4.69, 9.17) is 4.84 Å². The molecule has 1 amide bonds. The summed E-state index contributed by atoms with van der Waals surface area (Å²) in [7, 11) is 2.90. The molecule has 4 heteroatoms. The third kappa shape index (κ3) is 1.91. The van der Waals surface area contributed by atoms with E-state index in [0.29, 0.717) is 5.69 Å². The SMILES string of the molecule is CO[N+](C)([C]=O)c1ccc(F)cc1. The molecule has 0 saturated heterocycles. The molecule has 0 aliphatic carbocycles. The summed E-state index contributed by atoms with van der Waals surface area (Å²) in [5.41, 5.74) is 0.527. The van der Waals surface area contributed by atoms with Crippen LogP contribution in [0.15, 0.2) is 24.3 Å². The minimum atomic E-state index is -0.444. The molecule has 1 unspecified atom stereocenters. The smallest absolute Gasteiger partial charge is 0.211 e. The van der Waals surface area contributed by atoms with Crippen LogP contribution in [0.5, 0.6) is 0 Å². The molecule has 1 aromatic rings. The van der Waals surface area contributed by atoms with Gasteiger partial charge in [0.2, 0.25) is 0 Å². The highest BCUT2D eigenvalue weighted by Crippen LogP contribution is 2.18. The van der Waals surface area contributed by atoms with Crippen LogP contribution < -0.4 is 4.65 Å². The van der Waals surface area contributed by atoms with Gasteiger partial charge >= 0.3 is 6.41 Å². The number of hydroxylamine groups is 2. The molecule has 0 fully saturated rings. The van der Waals surface area contributed by atoms with Gasteiger partial charge in [-0.05, 0) is 12.1 Å². The van der Waals surface area contributed by atoms with Crippen molar-refractivity contribution >= 4 is 12.1 Å². The molecule has 0 N–H and O–H groups in total. The maximum atomic E-state index is 12.5. The van der Waals surface area contributed by atoms with Gasteiger partial charge in [-0.3, -0.25) is 0 Å². The van der Waals surface area contributed by atoms with Gasteiger partial charge in [0.1, 0.15) is 12.9 Å². The predicted molar refractivity (Wildman–Crippen MR) is 46.8 cm³/mol.